The molecule has 0 aliphatic carbocycles. The second kappa shape index (κ2) is 6.48. The number of methoxy groups -OCH3 is 1. The molecule has 1 amide bonds. The van der Waals surface area contributed by atoms with E-state index in [-0.39, 0.29) is 6.61 Å². The van der Waals surface area contributed by atoms with Crippen LogP contribution in [0.4, 0.5) is 0 Å². The predicted molar refractivity (Wildman–Crippen MR) is 63.7 cm³/mol. The fraction of sp³-hybridized carbons (Fsp3) is 0.333. The molecule has 1 atom stereocenters. The molecule has 0 aliphatic rings. The lowest BCUT2D eigenvalue weighted by Crippen LogP contribution is -2.40. The Morgan fingerprint density at radius 3 is 2.33 bits per heavy atom. The van der Waals surface area contributed by atoms with Gasteiger partial charge in [-0.1, -0.05) is 0 Å². The zero-order valence-electron chi connectivity index (χ0n) is 10.2. The van der Waals surface area contributed by atoms with Gasteiger partial charge in [-0.25, -0.2) is 0 Å². The van der Waals surface area contributed by atoms with Crippen LogP contribution in [0.2, 0.25) is 0 Å². The summed E-state index contributed by atoms with van der Waals surface area (Å²) in [7, 11) is 1.55. The third-order valence-corrected chi connectivity index (χ3v) is 2.18. The number of benzene rings is 1. The highest BCUT2D eigenvalue weighted by molar-refractivity contribution is 5.84. The topological polar surface area (TPSA) is 84.9 Å². The van der Waals surface area contributed by atoms with Crippen LogP contribution in [0.25, 0.3) is 0 Å². The second-order valence-corrected chi connectivity index (χ2v) is 3.59. The van der Waals surface area contributed by atoms with Crippen molar-refractivity contribution < 1.29 is 24.2 Å². The summed E-state index contributed by atoms with van der Waals surface area (Å²) in [6.07, 6.45) is 0. The Balaban J connectivity index is 2.40. The molecule has 0 aromatic heterocycles. The van der Waals surface area contributed by atoms with E-state index >= 15 is 0 Å². The van der Waals surface area contributed by atoms with E-state index in [9.17, 15) is 9.59 Å². The van der Waals surface area contributed by atoms with Gasteiger partial charge >= 0.3 is 5.97 Å². The van der Waals surface area contributed by atoms with Gasteiger partial charge in [-0.2, -0.15) is 0 Å². The minimum atomic E-state index is -1.09. The van der Waals surface area contributed by atoms with Crippen molar-refractivity contribution in [1.82, 2.24) is 5.32 Å². The van der Waals surface area contributed by atoms with Crippen LogP contribution in [0, 0.1) is 0 Å². The van der Waals surface area contributed by atoms with Crippen LogP contribution in [-0.2, 0) is 9.59 Å². The van der Waals surface area contributed by atoms with Crippen molar-refractivity contribution in [2.45, 2.75) is 13.0 Å². The average Bonchev–Trinajstić information content (AvgIpc) is 2.36. The molecule has 6 nitrogen and oxygen atoms in total. The summed E-state index contributed by atoms with van der Waals surface area (Å²) >= 11 is 0. The van der Waals surface area contributed by atoms with Crippen LogP contribution in [0.15, 0.2) is 24.3 Å². The number of aliphatic carboxylic acids is 1. The van der Waals surface area contributed by atoms with Gasteiger partial charge in [-0.05, 0) is 31.2 Å². The van der Waals surface area contributed by atoms with Gasteiger partial charge in [-0.15, -0.1) is 0 Å². The maximum atomic E-state index is 11.3. The Kier molecular flexibility index (Phi) is 4.98. The Labute approximate surface area is 105 Å². The van der Waals surface area contributed by atoms with Gasteiger partial charge in [0.25, 0.3) is 5.91 Å². The number of carbonyl (C=O) groups is 2. The van der Waals surface area contributed by atoms with E-state index in [1.807, 2.05) is 0 Å². The fourth-order valence-corrected chi connectivity index (χ4v) is 1.17. The summed E-state index contributed by atoms with van der Waals surface area (Å²) in [6.45, 7) is 1.15. The summed E-state index contributed by atoms with van der Waals surface area (Å²) in [4.78, 5) is 21.8. The van der Waals surface area contributed by atoms with E-state index in [2.05, 4.69) is 5.32 Å². The van der Waals surface area contributed by atoms with Crippen LogP contribution < -0.4 is 14.8 Å². The maximum Gasteiger partial charge on any atom is 0.325 e. The van der Waals surface area contributed by atoms with Crippen molar-refractivity contribution in [3.63, 3.8) is 0 Å². The van der Waals surface area contributed by atoms with Crippen LogP contribution in [0.3, 0.4) is 0 Å². The number of hydrogen-bond donors (Lipinski definition) is 2. The zero-order chi connectivity index (χ0) is 13.5. The van der Waals surface area contributed by atoms with Gasteiger partial charge < -0.3 is 19.9 Å². The van der Waals surface area contributed by atoms with Crippen molar-refractivity contribution >= 4 is 11.9 Å². The SMILES string of the molecule is COc1ccc(OCC(=O)N[C@H](C)C(=O)O)cc1. The average molecular weight is 253 g/mol. The fourth-order valence-electron chi connectivity index (χ4n) is 1.17. The van der Waals surface area contributed by atoms with Gasteiger partial charge in [0.1, 0.15) is 17.5 Å². The molecule has 0 heterocycles. The molecule has 1 aromatic rings. The summed E-state index contributed by atoms with van der Waals surface area (Å²) in [5, 5.41) is 10.9. The van der Waals surface area contributed by atoms with Crippen molar-refractivity contribution in [1.29, 1.82) is 0 Å². The Bertz CT molecular complexity index is 415. The molecule has 0 radical (unpaired) electrons. The number of nitrogens with one attached hydrogen (secondary N) is 1. The monoisotopic (exact) mass is 253 g/mol. The van der Waals surface area contributed by atoms with Crippen molar-refractivity contribution in [2.75, 3.05) is 13.7 Å². The molecular weight excluding hydrogens is 238 g/mol. The second-order valence-electron chi connectivity index (χ2n) is 3.59. The van der Waals surface area contributed by atoms with Crippen molar-refractivity contribution in [3.8, 4) is 11.5 Å². The van der Waals surface area contributed by atoms with E-state index in [1.165, 1.54) is 6.92 Å². The van der Waals surface area contributed by atoms with E-state index in [1.54, 1.807) is 31.4 Å². The summed E-state index contributed by atoms with van der Waals surface area (Å²) in [5.74, 6) is -0.381. The van der Waals surface area contributed by atoms with Crippen LogP contribution in [0.1, 0.15) is 6.92 Å². The highest BCUT2D eigenvalue weighted by Gasteiger charge is 2.13. The molecule has 1 rings (SSSR count). The lowest BCUT2D eigenvalue weighted by molar-refractivity contribution is -0.141. The molecule has 0 spiro atoms. The molecule has 98 valence electrons. The van der Waals surface area contributed by atoms with E-state index in [0.717, 1.165) is 0 Å². The van der Waals surface area contributed by atoms with E-state index in [4.69, 9.17) is 14.6 Å². The molecule has 0 unspecified atom stereocenters. The first-order chi connectivity index (χ1) is 8.52. The van der Waals surface area contributed by atoms with Crippen molar-refractivity contribution in [2.24, 2.45) is 0 Å². The van der Waals surface area contributed by atoms with E-state index in [0.29, 0.717) is 11.5 Å². The molecule has 18 heavy (non-hydrogen) atoms. The first kappa shape index (κ1) is 13.8. The minimum absolute atomic E-state index is 0.232. The molecule has 6 heteroatoms. The molecule has 0 bridgehead atoms. The zero-order valence-corrected chi connectivity index (χ0v) is 10.2. The summed E-state index contributed by atoms with van der Waals surface area (Å²) < 4.78 is 10.2. The van der Waals surface area contributed by atoms with Gasteiger partial charge in [0.15, 0.2) is 6.61 Å². The number of ether oxygens (including phenoxy) is 2. The predicted octanol–water partition coefficient (Wildman–Crippen LogP) is 0.663. The van der Waals surface area contributed by atoms with Crippen LogP contribution in [0.5, 0.6) is 11.5 Å². The molecule has 2 N–H and O–H groups in total. The normalized spacial score (nSPS) is 11.4. The number of carboxylic acid groups (broad SMARTS) is 1. The quantitative estimate of drug-likeness (QED) is 0.778. The smallest absolute Gasteiger partial charge is 0.325 e. The summed E-state index contributed by atoms with van der Waals surface area (Å²) in [5.41, 5.74) is 0. The number of rotatable bonds is 6. The van der Waals surface area contributed by atoms with E-state index < -0.39 is 17.9 Å². The molecule has 0 saturated carbocycles. The molecule has 0 aliphatic heterocycles. The third-order valence-electron chi connectivity index (χ3n) is 2.18. The molecule has 0 saturated heterocycles. The lowest BCUT2D eigenvalue weighted by atomic mass is 10.3. The highest BCUT2D eigenvalue weighted by Crippen LogP contribution is 2.16. The van der Waals surface area contributed by atoms with Gasteiger partial charge in [0, 0.05) is 0 Å². The van der Waals surface area contributed by atoms with Crippen LogP contribution in [-0.4, -0.2) is 36.7 Å². The third kappa shape index (κ3) is 4.32. The maximum absolute atomic E-state index is 11.3. The first-order valence-corrected chi connectivity index (χ1v) is 5.32. The lowest BCUT2D eigenvalue weighted by Gasteiger charge is -2.10. The largest absolute Gasteiger partial charge is 0.497 e. The number of carbonyl (C=O) groups excluding carboxylic acids is 1. The van der Waals surface area contributed by atoms with Gasteiger partial charge in [-0.3, -0.25) is 9.59 Å². The number of carboxylic acids is 1. The number of amides is 1. The standard InChI is InChI=1S/C12H15NO5/c1-8(12(15)16)13-11(14)7-18-10-5-3-9(17-2)4-6-10/h3-6,8H,7H2,1-2H3,(H,13,14)(H,15,16)/t8-/m1/s1. The minimum Gasteiger partial charge on any atom is -0.497 e. The number of hydrogen-bond acceptors (Lipinski definition) is 4. The van der Waals surface area contributed by atoms with Gasteiger partial charge in [0.2, 0.25) is 0 Å². The Morgan fingerprint density at radius 2 is 1.83 bits per heavy atom. The van der Waals surface area contributed by atoms with Gasteiger partial charge in [0.05, 0.1) is 7.11 Å². The Hall–Kier alpha value is -2.24. The summed E-state index contributed by atoms with van der Waals surface area (Å²) in [6, 6.07) is 5.79. The molecule has 0 fully saturated rings. The van der Waals surface area contributed by atoms with Crippen molar-refractivity contribution in [3.05, 3.63) is 24.3 Å². The molecule has 1 aromatic carbocycles. The van der Waals surface area contributed by atoms with Crippen LogP contribution >= 0.6 is 0 Å². The highest BCUT2D eigenvalue weighted by atomic mass is 16.5. The first-order valence-electron chi connectivity index (χ1n) is 5.32. The Morgan fingerprint density at radius 1 is 1.28 bits per heavy atom. The molecular formula is C12H15NO5.